The summed E-state index contributed by atoms with van der Waals surface area (Å²) in [5.74, 6) is -0.271. The number of nitrogens with zero attached hydrogens (tertiary/aromatic N) is 1. The number of benzene rings is 2. The molecule has 2 aromatic carbocycles. The summed E-state index contributed by atoms with van der Waals surface area (Å²) in [6, 6.07) is 20.5. The summed E-state index contributed by atoms with van der Waals surface area (Å²) in [5.41, 5.74) is 4.43. The second-order valence-electron chi connectivity index (χ2n) is 7.83. The standard InChI is InChI=1S/C25H23N3O3/c29-24(23-11-6-14-31-23)27-22(15-17-7-2-1-3-8-17)25(30)28-13-12-21-19(16-28)18-9-4-5-10-20(18)26-21/h1-11,14,22,26H,12-13,15-16H2,(H,27,29). The summed E-state index contributed by atoms with van der Waals surface area (Å²) >= 11 is 0. The molecule has 0 bridgehead atoms. The van der Waals surface area contributed by atoms with Gasteiger partial charge >= 0.3 is 0 Å². The van der Waals surface area contributed by atoms with E-state index >= 15 is 0 Å². The van der Waals surface area contributed by atoms with E-state index in [9.17, 15) is 9.59 Å². The first kappa shape index (κ1) is 19.2. The zero-order chi connectivity index (χ0) is 21.2. The van der Waals surface area contributed by atoms with E-state index in [-0.39, 0.29) is 17.6 Å². The van der Waals surface area contributed by atoms with Crippen molar-refractivity contribution < 1.29 is 14.0 Å². The number of carbonyl (C=O) groups excluding carboxylic acids is 2. The maximum absolute atomic E-state index is 13.5. The van der Waals surface area contributed by atoms with Crippen molar-refractivity contribution in [2.75, 3.05) is 6.54 Å². The van der Waals surface area contributed by atoms with E-state index in [0.717, 1.165) is 28.5 Å². The minimum absolute atomic E-state index is 0.0836. The summed E-state index contributed by atoms with van der Waals surface area (Å²) in [6.07, 6.45) is 2.63. The Kier molecular flexibility index (Phi) is 5.04. The second-order valence-corrected chi connectivity index (χ2v) is 7.83. The number of carbonyl (C=O) groups is 2. The maximum atomic E-state index is 13.5. The van der Waals surface area contributed by atoms with Gasteiger partial charge in [-0.3, -0.25) is 9.59 Å². The van der Waals surface area contributed by atoms with Crippen LogP contribution < -0.4 is 5.32 Å². The van der Waals surface area contributed by atoms with Crippen LogP contribution >= 0.6 is 0 Å². The Hall–Kier alpha value is -3.80. The van der Waals surface area contributed by atoms with Crippen molar-refractivity contribution in [2.45, 2.75) is 25.4 Å². The quantitative estimate of drug-likeness (QED) is 0.524. The van der Waals surface area contributed by atoms with E-state index in [1.807, 2.05) is 47.4 Å². The molecule has 0 saturated carbocycles. The van der Waals surface area contributed by atoms with Crippen molar-refractivity contribution in [2.24, 2.45) is 0 Å². The zero-order valence-electron chi connectivity index (χ0n) is 17.0. The fourth-order valence-corrected chi connectivity index (χ4v) is 4.26. The molecule has 1 aliphatic rings. The molecule has 2 amide bonds. The lowest BCUT2D eigenvalue weighted by atomic mass is 10.0. The third-order valence-corrected chi connectivity index (χ3v) is 5.83. The van der Waals surface area contributed by atoms with E-state index in [1.54, 1.807) is 12.1 Å². The molecule has 5 rings (SSSR count). The molecule has 6 heteroatoms. The largest absolute Gasteiger partial charge is 0.459 e. The highest BCUT2D eigenvalue weighted by Crippen LogP contribution is 2.28. The van der Waals surface area contributed by atoms with Crippen LogP contribution in [0.15, 0.2) is 77.4 Å². The molecule has 0 radical (unpaired) electrons. The number of H-pyrrole nitrogens is 1. The number of furan rings is 1. The Morgan fingerprint density at radius 1 is 1.03 bits per heavy atom. The Morgan fingerprint density at radius 2 is 1.84 bits per heavy atom. The van der Waals surface area contributed by atoms with Gasteiger partial charge in [-0.1, -0.05) is 48.5 Å². The fourth-order valence-electron chi connectivity index (χ4n) is 4.26. The highest BCUT2D eigenvalue weighted by atomic mass is 16.3. The Balaban J connectivity index is 1.40. The summed E-state index contributed by atoms with van der Waals surface area (Å²) in [6.45, 7) is 1.14. The van der Waals surface area contributed by atoms with Crippen LogP contribution in [-0.2, 0) is 24.2 Å². The average Bonchev–Trinajstić information content (AvgIpc) is 3.47. The van der Waals surface area contributed by atoms with E-state index in [2.05, 4.69) is 22.4 Å². The van der Waals surface area contributed by atoms with Crippen LogP contribution in [0.4, 0.5) is 0 Å². The third kappa shape index (κ3) is 3.84. The van der Waals surface area contributed by atoms with Gasteiger partial charge in [0.2, 0.25) is 5.91 Å². The molecule has 31 heavy (non-hydrogen) atoms. The van der Waals surface area contributed by atoms with Crippen LogP contribution in [0.2, 0.25) is 0 Å². The molecule has 1 atom stereocenters. The van der Waals surface area contributed by atoms with E-state index in [1.165, 1.54) is 12.0 Å². The van der Waals surface area contributed by atoms with Crippen LogP contribution in [-0.4, -0.2) is 34.3 Å². The molecule has 6 nitrogen and oxygen atoms in total. The van der Waals surface area contributed by atoms with Gasteiger partial charge in [-0.15, -0.1) is 0 Å². The summed E-state index contributed by atoms with van der Waals surface area (Å²) in [4.78, 5) is 31.5. The minimum Gasteiger partial charge on any atom is -0.459 e. The summed E-state index contributed by atoms with van der Waals surface area (Å²) < 4.78 is 5.21. The number of aromatic amines is 1. The monoisotopic (exact) mass is 413 g/mol. The molecule has 2 N–H and O–H groups in total. The predicted molar refractivity (Wildman–Crippen MR) is 118 cm³/mol. The van der Waals surface area contributed by atoms with Gasteiger partial charge in [0.1, 0.15) is 6.04 Å². The molecular weight excluding hydrogens is 390 g/mol. The first-order valence-electron chi connectivity index (χ1n) is 10.4. The van der Waals surface area contributed by atoms with Crippen molar-refractivity contribution in [3.8, 4) is 0 Å². The highest BCUT2D eigenvalue weighted by Gasteiger charge is 2.30. The number of para-hydroxylation sites is 1. The van der Waals surface area contributed by atoms with Gasteiger partial charge in [0.15, 0.2) is 5.76 Å². The molecule has 0 saturated heterocycles. The van der Waals surface area contributed by atoms with Crippen molar-refractivity contribution in [1.29, 1.82) is 0 Å². The normalized spacial score (nSPS) is 14.3. The Labute approximate surface area is 179 Å². The number of hydrogen-bond donors (Lipinski definition) is 2. The van der Waals surface area contributed by atoms with Crippen LogP contribution in [0.3, 0.4) is 0 Å². The van der Waals surface area contributed by atoms with E-state index in [4.69, 9.17) is 4.42 Å². The lowest BCUT2D eigenvalue weighted by Crippen LogP contribution is -2.50. The molecule has 156 valence electrons. The van der Waals surface area contributed by atoms with Gasteiger partial charge in [-0.25, -0.2) is 0 Å². The molecular formula is C25H23N3O3. The molecule has 1 unspecified atom stereocenters. The van der Waals surface area contributed by atoms with Crippen LogP contribution in [0.5, 0.6) is 0 Å². The van der Waals surface area contributed by atoms with Crippen molar-refractivity contribution >= 4 is 22.7 Å². The van der Waals surface area contributed by atoms with Crippen LogP contribution in [0, 0.1) is 0 Å². The summed E-state index contributed by atoms with van der Waals surface area (Å²) in [5, 5.41) is 4.04. The first-order valence-corrected chi connectivity index (χ1v) is 10.4. The van der Waals surface area contributed by atoms with E-state index < -0.39 is 6.04 Å². The smallest absolute Gasteiger partial charge is 0.287 e. The molecule has 4 aromatic rings. The van der Waals surface area contributed by atoms with Gasteiger partial charge in [0.05, 0.1) is 6.26 Å². The van der Waals surface area contributed by atoms with Crippen molar-refractivity contribution in [3.05, 3.63) is 95.6 Å². The maximum Gasteiger partial charge on any atom is 0.287 e. The zero-order valence-corrected chi connectivity index (χ0v) is 17.0. The Morgan fingerprint density at radius 3 is 2.65 bits per heavy atom. The number of rotatable bonds is 5. The third-order valence-electron chi connectivity index (χ3n) is 5.83. The molecule has 0 aliphatic carbocycles. The lowest BCUT2D eigenvalue weighted by molar-refractivity contribution is -0.134. The predicted octanol–water partition coefficient (Wildman–Crippen LogP) is 3.69. The number of nitrogens with one attached hydrogen (secondary N) is 2. The van der Waals surface area contributed by atoms with Crippen LogP contribution in [0.25, 0.3) is 10.9 Å². The van der Waals surface area contributed by atoms with Crippen molar-refractivity contribution in [1.82, 2.24) is 15.2 Å². The fraction of sp³-hybridized carbons (Fsp3) is 0.200. The van der Waals surface area contributed by atoms with Gasteiger partial charge in [0.25, 0.3) is 5.91 Å². The topological polar surface area (TPSA) is 78.3 Å². The highest BCUT2D eigenvalue weighted by molar-refractivity contribution is 5.96. The SMILES string of the molecule is O=C(NC(Cc1ccccc1)C(=O)N1CCc2[nH]c3ccccc3c2C1)c1ccco1. The number of aromatic nitrogens is 1. The Bertz CT molecular complexity index is 1210. The van der Waals surface area contributed by atoms with E-state index in [0.29, 0.717) is 19.5 Å². The van der Waals surface area contributed by atoms with Crippen molar-refractivity contribution in [3.63, 3.8) is 0 Å². The van der Waals surface area contributed by atoms with Gasteiger partial charge in [-0.05, 0) is 23.8 Å². The number of hydrogen-bond acceptors (Lipinski definition) is 3. The number of fused-ring (bicyclic) bond motifs is 3. The van der Waals surface area contributed by atoms with Crippen LogP contribution in [0.1, 0.15) is 27.4 Å². The molecule has 3 heterocycles. The molecule has 0 spiro atoms. The number of amides is 2. The second kappa shape index (κ2) is 8.14. The minimum atomic E-state index is -0.674. The van der Waals surface area contributed by atoms with Gasteiger partial charge in [0, 0.05) is 48.1 Å². The molecule has 1 aliphatic heterocycles. The van der Waals surface area contributed by atoms with Gasteiger partial charge < -0.3 is 19.6 Å². The van der Waals surface area contributed by atoms with Gasteiger partial charge in [-0.2, -0.15) is 0 Å². The molecule has 0 fully saturated rings. The molecule has 2 aromatic heterocycles. The summed E-state index contributed by atoms with van der Waals surface area (Å²) in [7, 11) is 0. The first-order chi connectivity index (χ1) is 15.2. The lowest BCUT2D eigenvalue weighted by Gasteiger charge is -2.31. The average molecular weight is 413 g/mol.